The molecule has 1 saturated carbocycles. The summed E-state index contributed by atoms with van der Waals surface area (Å²) in [6.07, 6.45) is 3.42. The first-order valence-electron chi connectivity index (χ1n) is 7.58. The Morgan fingerprint density at radius 3 is 2.38 bits per heavy atom. The van der Waals surface area contributed by atoms with Crippen molar-refractivity contribution < 1.29 is 8.42 Å². The molecule has 1 aromatic carbocycles. The van der Waals surface area contributed by atoms with Crippen LogP contribution in [-0.2, 0) is 16.8 Å². The number of nitrogens with one attached hydrogen (secondary N) is 1. The van der Waals surface area contributed by atoms with Crippen LogP contribution >= 0.6 is 0 Å². The highest BCUT2D eigenvalue weighted by molar-refractivity contribution is 7.87. The molecule has 0 heterocycles. The van der Waals surface area contributed by atoms with Crippen LogP contribution in [0.1, 0.15) is 38.2 Å². The normalized spacial score (nSPS) is 23.4. The van der Waals surface area contributed by atoms with Crippen LogP contribution in [0.5, 0.6) is 0 Å². The highest BCUT2D eigenvalue weighted by Gasteiger charge is 2.27. The second-order valence-electron chi connectivity index (χ2n) is 5.65. The van der Waals surface area contributed by atoms with E-state index >= 15 is 0 Å². The Bertz CT molecular complexity index is 525. The predicted octanol–water partition coefficient (Wildman–Crippen LogP) is 1.61. The van der Waals surface area contributed by atoms with E-state index in [4.69, 9.17) is 5.73 Å². The second-order valence-corrected chi connectivity index (χ2v) is 7.35. The van der Waals surface area contributed by atoms with Crippen LogP contribution in [0.3, 0.4) is 0 Å². The lowest BCUT2D eigenvalue weighted by Crippen LogP contribution is -2.47. The molecule has 0 saturated heterocycles. The standard InChI is InChI=1S/C15H25N3O2S/c1-2-18(12-13-6-4-3-5-7-13)21(19,20)17-15-10-8-14(16)9-11-15/h3-7,14-15,17H,2,8-12,16H2,1H3. The van der Waals surface area contributed by atoms with Crippen LogP contribution in [-0.4, -0.2) is 31.4 Å². The molecule has 0 spiro atoms. The average Bonchev–Trinajstić information content (AvgIpc) is 2.48. The number of nitrogens with zero attached hydrogens (tertiary/aromatic N) is 1. The van der Waals surface area contributed by atoms with Gasteiger partial charge in [0.15, 0.2) is 0 Å². The maximum Gasteiger partial charge on any atom is 0.279 e. The highest BCUT2D eigenvalue weighted by atomic mass is 32.2. The maximum atomic E-state index is 12.5. The van der Waals surface area contributed by atoms with Gasteiger partial charge in [-0.2, -0.15) is 17.4 Å². The fourth-order valence-electron chi connectivity index (χ4n) is 2.68. The number of rotatable bonds is 6. The molecule has 0 bridgehead atoms. The van der Waals surface area contributed by atoms with Gasteiger partial charge in [-0.05, 0) is 31.2 Å². The van der Waals surface area contributed by atoms with Gasteiger partial charge in [0.25, 0.3) is 10.2 Å². The predicted molar refractivity (Wildman–Crippen MR) is 84.8 cm³/mol. The van der Waals surface area contributed by atoms with Gasteiger partial charge in [0.2, 0.25) is 0 Å². The zero-order valence-corrected chi connectivity index (χ0v) is 13.3. The Balaban J connectivity index is 1.99. The van der Waals surface area contributed by atoms with Crippen molar-refractivity contribution in [3.8, 4) is 0 Å². The Kier molecular flexibility index (Phi) is 5.75. The van der Waals surface area contributed by atoms with Crippen molar-refractivity contribution in [3.05, 3.63) is 35.9 Å². The summed E-state index contributed by atoms with van der Waals surface area (Å²) in [6, 6.07) is 9.89. The minimum absolute atomic E-state index is 0.0135. The van der Waals surface area contributed by atoms with Crippen LogP contribution in [0.15, 0.2) is 30.3 Å². The summed E-state index contributed by atoms with van der Waals surface area (Å²) in [6.45, 7) is 2.72. The van der Waals surface area contributed by atoms with Crippen LogP contribution in [0.25, 0.3) is 0 Å². The molecule has 5 nitrogen and oxygen atoms in total. The summed E-state index contributed by atoms with van der Waals surface area (Å²) < 4.78 is 29.3. The zero-order chi connectivity index (χ0) is 15.3. The van der Waals surface area contributed by atoms with Gasteiger partial charge in [0.1, 0.15) is 0 Å². The van der Waals surface area contributed by atoms with Crippen molar-refractivity contribution >= 4 is 10.2 Å². The summed E-state index contributed by atoms with van der Waals surface area (Å²) in [5.41, 5.74) is 6.86. The lowest BCUT2D eigenvalue weighted by Gasteiger charge is -2.29. The molecule has 0 unspecified atom stereocenters. The molecule has 0 atom stereocenters. The van der Waals surface area contributed by atoms with E-state index in [2.05, 4.69) is 4.72 Å². The summed E-state index contributed by atoms with van der Waals surface area (Å²) in [4.78, 5) is 0. The Morgan fingerprint density at radius 2 is 1.81 bits per heavy atom. The lowest BCUT2D eigenvalue weighted by atomic mass is 9.93. The SMILES string of the molecule is CCN(Cc1ccccc1)S(=O)(=O)NC1CCC(N)CC1. The van der Waals surface area contributed by atoms with Crippen molar-refractivity contribution in [2.24, 2.45) is 5.73 Å². The second kappa shape index (κ2) is 7.35. The fourth-order valence-corrected chi connectivity index (χ4v) is 4.14. The first kappa shape index (κ1) is 16.4. The van der Waals surface area contributed by atoms with E-state index in [-0.39, 0.29) is 12.1 Å². The smallest absolute Gasteiger partial charge is 0.279 e. The number of hydrogen-bond acceptors (Lipinski definition) is 3. The van der Waals surface area contributed by atoms with E-state index in [0.29, 0.717) is 13.1 Å². The molecule has 6 heteroatoms. The Morgan fingerprint density at radius 1 is 1.19 bits per heavy atom. The van der Waals surface area contributed by atoms with Gasteiger partial charge >= 0.3 is 0 Å². The number of nitrogens with two attached hydrogens (primary N) is 1. The molecule has 0 aromatic heterocycles. The summed E-state index contributed by atoms with van der Waals surface area (Å²) in [5.74, 6) is 0. The Labute approximate surface area is 127 Å². The van der Waals surface area contributed by atoms with Crippen LogP contribution in [0.2, 0.25) is 0 Å². The van der Waals surface area contributed by atoms with Gasteiger partial charge in [-0.25, -0.2) is 0 Å². The van der Waals surface area contributed by atoms with E-state index in [1.54, 1.807) is 0 Å². The molecule has 1 fully saturated rings. The first-order chi connectivity index (χ1) is 10.0. The van der Waals surface area contributed by atoms with Gasteiger partial charge < -0.3 is 5.73 Å². The third kappa shape index (κ3) is 4.78. The van der Waals surface area contributed by atoms with Crippen molar-refractivity contribution in [1.82, 2.24) is 9.03 Å². The molecule has 118 valence electrons. The van der Waals surface area contributed by atoms with Crippen molar-refractivity contribution in [1.29, 1.82) is 0 Å². The Hall–Kier alpha value is -0.950. The molecular weight excluding hydrogens is 286 g/mol. The zero-order valence-electron chi connectivity index (χ0n) is 12.5. The molecule has 1 aromatic rings. The minimum atomic E-state index is -3.45. The number of benzene rings is 1. The van der Waals surface area contributed by atoms with Gasteiger partial charge in [0, 0.05) is 25.2 Å². The van der Waals surface area contributed by atoms with E-state index in [9.17, 15) is 8.42 Å². The lowest BCUT2D eigenvalue weighted by molar-refractivity contribution is 0.354. The molecule has 0 radical (unpaired) electrons. The average molecular weight is 311 g/mol. The largest absolute Gasteiger partial charge is 0.328 e. The molecule has 21 heavy (non-hydrogen) atoms. The van der Waals surface area contributed by atoms with Crippen LogP contribution < -0.4 is 10.5 Å². The maximum absolute atomic E-state index is 12.5. The van der Waals surface area contributed by atoms with Crippen LogP contribution in [0.4, 0.5) is 0 Å². The number of hydrogen-bond donors (Lipinski definition) is 2. The fraction of sp³-hybridized carbons (Fsp3) is 0.600. The van der Waals surface area contributed by atoms with Gasteiger partial charge in [-0.3, -0.25) is 0 Å². The van der Waals surface area contributed by atoms with E-state index < -0.39 is 10.2 Å². The minimum Gasteiger partial charge on any atom is -0.328 e. The molecule has 1 aliphatic rings. The summed E-state index contributed by atoms with van der Waals surface area (Å²) in [7, 11) is -3.45. The van der Waals surface area contributed by atoms with Crippen LogP contribution in [0, 0.1) is 0 Å². The summed E-state index contributed by atoms with van der Waals surface area (Å²) >= 11 is 0. The van der Waals surface area contributed by atoms with E-state index in [1.165, 1.54) is 4.31 Å². The molecule has 3 N–H and O–H groups in total. The van der Waals surface area contributed by atoms with Crippen molar-refractivity contribution in [2.45, 2.75) is 51.2 Å². The van der Waals surface area contributed by atoms with E-state index in [1.807, 2.05) is 37.3 Å². The third-order valence-corrected chi connectivity index (χ3v) is 5.68. The van der Waals surface area contributed by atoms with Gasteiger partial charge in [-0.15, -0.1) is 0 Å². The van der Waals surface area contributed by atoms with E-state index in [0.717, 1.165) is 31.2 Å². The van der Waals surface area contributed by atoms with Gasteiger partial charge in [0.05, 0.1) is 0 Å². The molecular formula is C15H25N3O2S. The third-order valence-electron chi connectivity index (χ3n) is 3.98. The molecule has 0 amide bonds. The first-order valence-corrected chi connectivity index (χ1v) is 9.02. The quantitative estimate of drug-likeness (QED) is 0.838. The highest BCUT2D eigenvalue weighted by Crippen LogP contribution is 2.18. The topological polar surface area (TPSA) is 75.4 Å². The monoisotopic (exact) mass is 311 g/mol. The molecule has 2 rings (SSSR count). The van der Waals surface area contributed by atoms with Crippen molar-refractivity contribution in [2.75, 3.05) is 6.54 Å². The molecule has 1 aliphatic carbocycles. The van der Waals surface area contributed by atoms with Crippen molar-refractivity contribution in [3.63, 3.8) is 0 Å². The summed E-state index contributed by atoms with van der Waals surface area (Å²) in [5, 5.41) is 0. The van der Waals surface area contributed by atoms with Gasteiger partial charge in [-0.1, -0.05) is 37.3 Å². The molecule has 0 aliphatic heterocycles.